The first-order chi connectivity index (χ1) is 14.9. The number of aryl methyl sites for hydroxylation is 1. The number of ether oxygens (including phenoxy) is 1. The molecule has 2 N–H and O–H groups in total. The molecule has 31 heavy (non-hydrogen) atoms. The third-order valence-corrected chi connectivity index (χ3v) is 7.16. The summed E-state index contributed by atoms with van der Waals surface area (Å²) in [5, 5.41) is 3.03. The van der Waals surface area contributed by atoms with Crippen LogP contribution in [0.2, 0.25) is 0 Å². The van der Waals surface area contributed by atoms with Crippen molar-refractivity contribution in [3.8, 4) is 0 Å². The fourth-order valence-corrected chi connectivity index (χ4v) is 4.66. The molecule has 1 fully saturated rings. The number of fused-ring (bicyclic) bond motifs is 1. The van der Waals surface area contributed by atoms with Crippen LogP contribution in [0.5, 0.6) is 0 Å². The number of hydrogen-bond donors (Lipinski definition) is 2. The molecule has 164 valence electrons. The van der Waals surface area contributed by atoms with E-state index in [1.807, 2.05) is 18.2 Å². The van der Waals surface area contributed by atoms with Gasteiger partial charge < -0.3 is 15.0 Å². The topological polar surface area (TPSA) is 70.2 Å². The number of amides is 1. The molecule has 2 aromatic rings. The number of allylic oxidation sites excluding steroid dienone is 3. The van der Waals surface area contributed by atoms with Crippen LogP contribution in [0.4, 0.5) is 0 Å². The molecule has 1 aromatic heterocycles. The van der Waals surface area contributed by atoms with Crippen LogP contribution in [0.15, 0.2) is 28.3 Å². The Morgan fingerprint density at radius 1 is 1.32 bits per heavy atom. The van der Waals surface area contributed by atoms with Gasteiger partial charge in [0.15, 0.2) is 0 Å². The number of morpholine rings is 1. The Morgan fingerprint density at radius 2 is 2.10 bits per heavy atom. The van der Waals surface area contributed by atoms with E-state index >= 15 is 0 Å². The van der Waals surface area contributed by atoms with Crippen molar-refractivity contribution in [2.24, 2.45) is 0 Å². The van der Waals surface area contributed by atoms with Crippen molar-refractivity contribution in [3.05, 3.63) is 45.2 Å². The molecule has 0 atom stereocenters. The molecule has 2 aliphatic rings. The van der Waals surface area contributed by atoms with Gasteiger partial charge in [-0.05, 0) is 50.1 Å². The zero-order chi connectivity index (χ0) is 22.0. The van der Waals surface area contributed by atoms with E-state index in [2.05, 4.69) is 45.0 Å². The minimum atomic E-state index is -0.108. The number of rotatable bonds is 6. The second kappa shape index (κ2) is 9.73. The Morgan fingerprint density at radius 3 is 2.87 bits per heavy atom. The Balaban J connectivity index is 1.44. The standard InChI is InChI=1S/C23H27BrN4O2S/c1-14-15(2)21-19(13-18(14)24)26-22(27-21)16-4-5-20(31)17(12-16)23(29)25-6-3-7-28-8-10-30-11-9-28/h4,12-13H,3,5-11H2,1-2H3,(H,25,29)(H,26,27). The monoisotopic (exact) mass is 502 g/mol. The lowest BCUT2D eigenvalue weighted by Crippen LogP contribution is -2.38. The quantitative estimate of drug-likeness (QED) is 0.463. The van der Waals surface area contributed by atoms with Gasteiger partial charge in [-0.2, -0.15) is 0 Å². The highest BCUT2D eigenvalue weighted by Crippen LogP contribution is 2.30. The molecule has 0 unspecified atom stereocenters. The maximum Gasteiger partial charge on any atom is 0.252 e. The molecule has 8 heteroatoms. The van der Waals surface area contributed by atoms with Crippen molar-refractivity contribution in [1.29, 1.82) is 0 Å². The lowest BCUT2D eigenvalue weighted by atomic mass is 9.98. The zero-order valence-corrected chi connectivity index (χ0v) is 20.3. The first-order valence-corrected chi connectivity index (χ1v) is 11.8. The molecular formula is C23H27BrN4O2S. The molecule has 0 bridgehead atoms. The summed E-state index contributed by atoms with van der Waals surface area (Å²) >= 11 is 9.08. The molecule has 0 spiro atoms. The van der Waals surface area contributed by atoms with Gasteiger partial charge in [-0.1, -0.05) is 34.2 Å². The third-order valence-electron chi connectivity index (χ3n) is 5.94. The summed E-state index contributed by atoms with van der Waals surface area (Å²) in [4.78, 5) is 24.0. The van der Waals surface area contributed by atoms with Gasteiger partial charge >= 0.3 is 0 Å². The number of carbonyl (C=O) groups is 1. The highest BCUT2D eigenvalue weighted by atomic mass is 79.9. The van der Waals surface area contributed by atoms with Gasteiger partial charge in [-0.15, -0.1) is 0 Å². The number of aromatic amines is 1. The second-order valence-electron chi connectivity index (χ2n) is 8.00. The molecule has 2 heterocycles. The predicted octanol–water partition coefficient (Wildman–Crippen LogP) is 3.86. The van der Waals surface area contributed by atoms with Crippen molar-refractivity contribution in [3.63, 3.8) is 0 Å². The molecule has 1 aliphatic carbocycles. The molecule has 0 radical (unpaired) electrons. The third kappa shape index (κ3) is 4.98. The number of hydrogen-bond acceptors (Lipinski definition) is 5. The van der Waals surface area contributed by atoms with Gasteiger partial charge in [0.2, 0.25) is 0 Å². The van der Waals surface area contributed by atoms with E-state index < -0.39 is 0 Å². The number of aromatic nitrogens is 2. The normalized spacial score (nSPS) is 17.6. The van der Waals surface area contributed by atoms with Crippen LogP contribution >= 0.6 is 28.1 Å². The van der Waals surface area contributed by atoms with Gasteiger partial charge in [-0.25, -0.2) is 4.98 Å². The summed E-state index contributed by atoms with van der Waals surface area (Å²) < 4.78 is 6.43. The van der Waals surface area contributed by atoms with Crippen molar-refractivity contribution in [2.75, 3.05) is 39.4 Å². The molecular weight excluding hydrogens is 476 g/mol. The molecule has 1 aromatic carbocycles. The number of nitrogens with zero attached hydrogens (tertiary/aromatic N) is 2. The van der Waals surface area contributed by atoms with Crippen LogP contribution in [0.3, 0.4) is 0 Å². The van der Waals surface area contributed by atoms with Crippen LogP contribution in [0.1, 0.15) is 29.8 Å². The van der Waals surface area contributed by atoms with Crippen LogP contribution in [0.25, 0.3) is 16.6 Å². The summed E-state index contributed by atoms with van der Waals surface area (Å²) in [6, 6.07) is 2.05. The first-order valence-electron chi connectivity index (χ1n) is 10.6. The summed E-state index contributed by atoms with van der Waals surface area (Å²) in [5.41, 5.74) is 5.71. The smallest absolute Gasteiger partial charge is 0.252 e. The fourth-order valence-electron chi connectivity index (χ4n) is 3.89. The average molecular weight is 503 g/mol. The minimum Gasteiger partial charge on any atom is -0.379 e. The molecule has 6 nitrogen and oxygen atoms in total. The average Bonchev–Trinajstić information content (AvgIpc) is 3.20. The first kappa shape index (κ1) is 22.3. The van der Waals surface area contributed by atoms with Crippen LogP contribution < -0.4 is 5.32 Å². The van der Waals surface area contributed by atoms with E-state index in [0.29, 0.717) is 23.4 Å². The number of benzene rings is 1. The number of carbonyl (C=O) groups excluding carboxylic acids is 1. The SMILES string of the molecule is Cc1c(Br)cc2[nH]c(C3=CCC(=S)C(C(=O)NCCCN4CCOCC4)=C3)nc2c1C. The van der Waals surface area contributed by atoms with Gasteiger partial charge in [0, 0.05) is 41.0 Å². The minimum absolute atomic E-state index is 0.108. The zero-order valence-electron chi connectivity index (χ0n) is 17.9. The van der Waals surface area contributed by atoms with Gasteiger partial charge in [0.1, 0.15) is 5.82 Å². The van der Waals surface area contributed by atoms with E-state index in [9.17, 15) is 4.79 Å². The van der Waals surface area contributed by atoms with Crippen molar-refractivity contribution in [2.45, 2.75) is 26.7 Å². The van der Waals surface area contributed by atoms with E-state index in [1.165, 1.54) is 5.56 Å². The molecule has 1 aliphatic heterocycles. The van der Waals surface area contributed by atoms with E-state index in [-0.39, 0.29) is 5.91 Å². The van der Waals surface area contributed by atoms with Gasteiger partial charge in [-0.3, -0.25) is 9.69 Å². The van der Waals surface area contributed by atoms with Crippen LogP contribution in [0, 0.1) is 13.8 Å². The number of halogens is 1. The number of imidazole rings is 1. The fraction of sp³-hybridized carbons (Fsp3) is 0.435. The van der Waals surface area contributed by atoms with Crippen LogP contribution in [-0.2, 0) is 9.53 Å². The number of thiocarbonyl (C=S) groups is 1. The van der Waals surface area contributed by atoms with E-state index in [4.69, 9.17) is 21.9 Å². The Bertz CT molecular complexity index is 1080. The van der Waals surface area contributed by atoms with E-state index in [1.54, 1.807) is 0 Å². The maximum absolute atomic E-state index is 12.8. The Labute approximate surface area is 196 Å². The number of H-pyrrole nitrogens is 1. The summed E-state index contributed by atoms with van der Waals surface area (Å²) in [6.45, 7) is 9.25. The van der Waals surface area contributed by atoms with Crippen molar-refractivity contribution >= 4 is 55.5 Å². The lowest BCUT2D eigenvalue weighted by Gasteiger charge is -2.26. The predicted molar refractivity (Wildman–Crippen MR) is 131 cm³/mol. The molecule has 1 amide bonds. The van der Waals surface area contributed by atoms with Gasteiger partial charge in [0.25, 0.3) is 5.91 Å². The Kier molecular flexibility index (Phi) is 7.01. The number of nitrogens with one attached hydrogen (secondary N) is 2. The molecule has 1 saturated heterocycles. The highest BCUT2D eigenvalue weighted by Gasteiger charge is 2.21. The second-order valence-corrected chi connectivity index (χ2v) is 9.35. The maximum atomic E-state index is 12.8. The van der Waals surface area contributed by atoms with Gasteiger partial charge in [0.05, 0.1) is 29.8 Å². The summed E-state index contributed by atoms with van der Waals surface area (Å²) in [7, 11) is 0. The van der Waals surface area contributed by atoms with E-state index in [0.717, 1.165) is 71.7 Å². The van der Waals surface area contributed by atoms with Crippen molar-refractivity contribution < 1.29 is 9.53 Å². The van der Waals surface area contributed by atoms with Crippen LogP contribution in [-0.4, -0.2) is 65.0 Å². The Hall–Kier alpha value is -1.87. The summed E-state index contributed by atoms with van der Waals surface area (Å²) in [6.07, 6.45) is 5.37. The molecule has 0 saturated carbocycles. The van der Waals surface area contributed by atoms with Crippen molar-refractivity contribution in [1.82, 2.24) is 20.2 Å². The largest absolute Gasteiger partial charge is 0.379 e. The molecule has 4 rings (SSSR count). The summed E-state index contributed by atoms with van der Waals surface area (Å²) in [5.74, 6) is 0.652. The highest BCUT2D eigenvalue weighted by molar-refractivity contribution is 9.10. The lowest BCUT2D eigenvalue weighted by molar-refractivity contribution is -0.117.